The summed E-state index contributed by atoms with van der Waals surface area (Å²) < 4.78 is 50.5. The maximum atomic E-state index is 12.7. The zero-order valence-electron chi connectivity index (χ0n) is 31.4. The number of rotatable bonds is 10. The van der Waals surface area contributed by atoms with Gasteiger partial charge in [0.15, 0.2) is 0 Å². The third-order valence-electron chi connectivity index (χ3n) is 8.37. The molecule has 0 aliphatic carbocycles. The summed E-state index contributed by atoms with van der Waals surface area (Å²) in [6, 6.07) is 50.0. The number of hydrogen-bond acceptors (Lipinski definition) is 6. The predicted octanol–water partition coefficient (Wildman–Crippen LogP) is 8.55. The molecule has 0 bridgehead atoms. The maximum Gasteiger partial charge on any atom is 0.265 e. The molecular formula is C46H42N2O6S2. The van der Waals surface area contributed by atoms with Crippen LogP contribution in [0.1, 0.15) is 65.2 Å². The molecule has 6 rings (SSSR count). The summed E-state index contributed by atoms with van der Waals surface area (Å²) >= 11 is 0. The van der Waals surface area contributed by atoms with E-state index in [1.807, 2.05) is 172 Å². The van der Waals surface area contributed by atoms with Gasteiger partial charge in [0.1, 0.15) is 0 Å². The van der Waals surface area contributed by atoms with E-state index in [-0.39, 0.29) is 0 Å². The predicted molar refractivity (Wildman–Crippen MR) is 227 cm³/mol. The average molecular weight is 783 g/mol. The lowest BCUT2D eigenvalue weighted by atomic mass is 9.91. The van der Waals surface area contributed by atoms with Gasteiger partial charge in [0.25, 0.3) is 11.8 Å². The van der Waals surface area contributed by atoms with Gasteiger partial charge in [0.05, 0.1) is 12.5 Å². The molecule has 284 valence electrons. The number of amides is 2. The summed E-state index contributed by atoms with van der Waals surface area (Å²) in [7, 11) is -7.34. The molecule has 0 unspecified atom stereocenters. The molecule has 0 radical (unpaired) electrons. The number of carbonyl (C=O) groups excluding carboxylic acids is 2. The van der Waals surface area contributed by atoms with Crippen molar-refractivity contribution in [2.24, 2.45) is 0 Å². The fourth-order valence-electron chi connectivity index (χ4n) is 5.91. The van der Waals surface area contributed by atoms with E-state index in [1.165, 1.54) is 0 Å². The molecule has 8 nitrogen and oxygen atoms in total. The normalized spacial score (nSPS) is 11.9. The maximum absolute atomic E-state index is 12.7. The second kappa shape index (κ2) is 18.3. The Morgan fingerprint density at radius 2 is 0.732 bits per heavy atom. The summed E-state index contributed by atoms with van der Waals surface area (Å²) in [6.07, 6.45) is 5.94. The molecule has 0 heterocycles. The monoisotopic (exact) mass is 782 g/mol. The van der Waals surface area contributed by atoms with E-state index in [4.69, 9.17) is 0 Å². The van der Waals surface area contributed by atoms with Gasteiger partial charge in [-0.15, -0.1) is 0 Å². The number of hydrogen-bond donors (Lipinski definition) is 2. The molecule has 0 aromatic heterocycles. The summed E-state index contributed by atoms with van der Waals surface area (Å²) in [4.78, 5) is 25.4. The minimum Gasteiger partial charge on any atom is -0.268 e. The summed E-state index contributed by atoms with van der Waals surface area (Å²) in [5.74, 6) is -1.29. The van der Waals surface area contributed by atoms with Gasteiger partial charge in [-0.2, -0.15) is 0 Å². The largest absolute Gasteiger partial charge is 0.268 e. The highest BCUT2D eigenvalue weighted by molar-refractivity contribution is 7.89. The number of aryl methyl sites for hydroxylation is 2. The molecule has 10 heteroatoms. The van der Waals surface area contributed by atoms with Crippen LogP contribution in [0.4, 0.5) is 0 Å². The van der Waals surface area contributed by atoms with Crippen molar-refractivity contribution in [3.05, 3.63) is 213 Å². The van der Waals surface area contributed by atoms with E-state index in [9.17, 15) is 26.4 Å². The fourth-order valence-corrected chi connectivity index (χ4v) is 6.80. The van der Waals surface area contributed by atoms with Crippen LogP contribution in [0.5, 0.6) is 0 Å². The van der Waals surface area contributed by atoms with E-state index in [2.05, 4.69) is 9.44 Å². The number of carbonyl (C=O) groups is 2. The number of nitrogens with one attached hydrogen (secondary N) is 2. The van der Waals surface area contributed by atoms with Crippen LogP contribution in [0.25, 0.3) is 23.3 Å². The second-order valence-corrected chi connectivity index (χ2v) is 16.7. The summed E-state index contributed by atoms with van der Waals surface area (Å²) in [5, 5.41) is 0. The Morgan fingerprint density at radius 1 is 0.429 bits per heavy atom. The number of sulfonamides is 2. The Labute approximate surface area is 329 Å². The van der Waals surface area contributed by atoms with Crippen LogP contribution in [0.2, 0.25) is 0 Å². The van der Waals surface area contributed by atoms with Gasteiger partial charge in [0.2, 0.25) is 20.0 Å². The SMILES string of the molecule is Cc1ccc(/C(=C/c2ccccc2)c2ccccc2)c(C(=O)NS(C)(=O)=O)c1.Cc1ccc(/C(=C/c2ccccc2)c2ccccc2)c(C(=O)NS(C)(=O)=O)c1. The molecule has 2 N–H and O–H groups in total. The van der Waals surface area contributed by atoms with Crippen molar-refractivity contribution < 1.29 is 26.4 Å². The lowest BCUT2D eigenvalue weighted by Crippen LogP contribution is -2.30. The van der Waals surface area contributed by atoms with Gasteiger partial charge in [0, 0.05) is 11.1 Å². The van der Waals surface area contributed by atoms with Crippen LogP contribution in [-0.2, 0) is 20.0 Å². The molecule has 0 saturated carbocycles. The Hall–Kier alpha value is -6.36. The van der Waals surface area contributed by atoms with Gasteiger partial charge in [-0.05, 0) is 82.7 Å². The first-order chi connectivity index (χ1) is 26.7. The molecule has 0 spiro atoms. The molecule has 0 atom stereocenters. The quantitative estimate of drug-likeness (QED) is 0.134. The molecule has 6 aromatic rings. The van der Waals surface area contributed by atoms with Crippen LogP contribution < -0.4 is 9.44 Å². The standard InChI is InChI=1S/2C23H21NO3S/c2*1-17-13-14-20(22(15-17)23(25)24-28(2,26)27)21(19-11-7-4-8-12-19)16-18-9-5-3-6-10-18/h2*3-16H,1-2H3,(H,24,25)/b2*21-16+. The highest BCUT2D eigenvalue weighted by Crippen LogP contribution is 2.31. The first kappa shape index (κ1) is 40.8. The van der Waals surface area contributed by atoms with Crippen LogP contribution in [-0.4, -0.2) is 41.2 Å². The van der Waals surface area contributed by atoms with Crippen molar-refractivity contribution in [2.75, 3.05) is 12.5 Å². The van der Waals surface area contributed by atoms with Crippen molar-refractivity contribution in [2.45, 2.75) is 13.8 Å². The zero-order valence-corrected chi connectivity index (χ0v) is 33.1. The van der Waals surface area contributed by atoms with Crippen LogP contribution in [0.3, 0.4) is 0 Å². The van der Waals surface area contributed by atoms with Crippen molar-refractivity contribution in [1.82, 2.24) is 9.44 Å². The molecule has 0 saturated heterocycles. The fraction of sp³-hybridized carbons (Fsp3) is 0.0870. The van der Waals surface area contributed by atoms with E-state index in [0.717, 1.165) is 57.0 Å². The molecule has 0 aliphatic rings. The van der Waals surface area contributed by atoms with E-state index >= 15 is 0 Å². The molecule has 0 aliphatic heterocycles. The second-order valence-electron chi connectivity index (χ2n) is 13.2. The molecule has 6 aromatic carbocycles. The average Bonchev–Trinajstić information content (AvgIpc) is 3.17. The highest BCUT2D eigenvalue weighted by Gasteiger charge is 2.20. The first-order valence-corrected chi connectivity index (χ1v) is 21.4. The van der Waals surface area contributed by atoms with Crippen LogP contribution in [0, 0.1) is 13.8 Å². The minimum absolute atomic E-state index is 0.316. The van der Waals surface area contributed by atoms with Crippen molar-refractivity contribution in [1.29, 1.82) is 0 Å². The van der Waals surface area contributed by atoms with Gasteiger partial charge in [-0.1, -0.05) is 157 Å². The highest BCUT2D eigenvalue weighted by atomic mass is 32.2. The van der Waals surface area contributed by atoms with E-state index < -0.39 is 31.9 Å². The van der Waals surface area contributed by atoms with Gasteiger partial charge < -0.3 is 0 Å². The summed E-state index contributed by atoms with van der Waals surface area (Å²) in [6.45, 7) is 3.73. The van der Waals surface area contributed by atoms with Crippen LogP contribution >= 0.6 is 0 Å². The molecule has 56 heavy (non-hydrogen) atoms. The topological polar surface area (TPSA) is 126 Å². The molecular weight excluding hydrogens is 741 g/mol. The van der Waals surface area contributed by atoms with Crippen molar-refractivity contribution in [3.8, 4) is 0 Å². The Balaban J connectivity index is 0.000000214. The number of benzene rings is 6. The van der Waals surface area contributed by atoms with Gasteiger partial charge >= 0.3 is 0 Å². The van der Waals surface area contributed by atoms with Crippen molar-refractivity contribution >= 4 is 55.2 Å². The Bertz CT molecular complexity index is 2420. The van der Waals surface area contributed by atoms with Crippen molar-refractivity contribution in [3.63, 3.8) is 0 Å². The lowest BCUT2D eigenvalue weighted by Gasteiger charge is -2.15. The van der Waals surface area contributed by atoms with E-state index in [1.54, 1.807) is 12.1 Å². The third-order valence-corrected chi connectivity index (χ3v) is 9.48. The van der Waals surface area contributed by atoms with Gasteiger partial charge in [-0.3, -0.25) is 9.59 Å². The molecule has 2 amide bonds. The third kappa shape index (κ3) is 11.8. The van der Waals surface area contributed by atoms with Gasteiger partial charge in [-0.25, -0.2) is 26.3 Å². The Kier molecular flexibility index (Phi) is 13.3. The minimum atomic E-state index is -3.67. The Morgan fingerprint density at radius 3 is 1.04 bits per heavy atom. The lowest BCUT2D eigenvalue weighted by molar-refractivity contribution is 0.0972. The zero-order chi connectivity index (χ0) is 40.3. The van der Waals surface area contributed by atoms with Crippen LogP contribution in [0.15, 0.2) is 158 Å². The smallest absolute Gasteiger partial charge is 0.265 e. The van der Waals surface area contributed by atoms with E-state index in [0.29, 0.717) is 22.3 Å². The molecule has 0 fully saturated rings. The summed E-state index contributed by atoms with van der Waals surface area (Å²) in [5.41, 5.74) is 9.22. The first-order valence-electron chi connectivity index (χ1n) is 17.6.